The molecule has 3 aromatic rings. The average molecular weight is 325 g/mol. The first kappa shape index (κ1) is 15.9. The predicted molar refractivity (Wildman–Crippen MR) is 92.6 cm³/mol. The van der Waals surface area contributed by atoms with Crippen molar-refractivity contribution in [2.45, 2.75) is 26.9 Å². The Morgan fingerprint density at radius 3 is 2.79 bits per heavy atom. The van der Waals surface area contributed by atoms with E-state index < -0.39 is 0 Å². The van der Waals surface area contributed by atoms with Crippen LogP contribution in [-0.2, 0) is 0 Å². The van der Waals surface area contributed by atoms with E-state index >= 15 is 0 Å². The number of hydrogen-bond donors (Lipinski definition) is 2. The predicted octanol–water partition coefficient (Wildman–Crippen LogP) is 3.62. The summed E-state index contributed by atoms with van der Waals surface area (Å²) in [5.41, 5.74) is 3.67. The second-order valence-corrected chi connectivity index (χ2v) is 5.69. The number of aromatic nitrogens is 1. The number of amides is 1. The zero-order chi connectivity index (χ0) is 17.1. The van der Waals surface area contributed by atoms with Crippen molar-refractivity contribution in [3.63, 3.8) is 0 Å². The van der Waals surface area contributed by atoms with Crippen LogP contribution in [0.4, 0.5) is 0 Å². The van der Waals surface area contributed by atoms with Crippen LogP contribution in [0.15, 0.2) is 45.9 Å². The number of nitrogens with zero attached hydrogens (tertiary/aromatic N) is 1. The third-order valence-corrected chi connectivity index (χ3v) is 3.36. The fourth-order valence-corrected chi connectivity index (χ4v) is 2.37. The normalized spacial score (nSPS) is 11.5. The summed E-state index contributed by atoms with van der Waals surface area (Å²) in [5, 5.41) is 4.79. The number of rotatable bonds is 5. The van der Waals surface area contributed by atoms with E-state index in [2.05, 4.69) is 15.5 Å². The van der Waals surface area contributed by atoms with Crippen LogP contribution < -0.4 is 10.2 Å². The van der Waals surface area contributed by atoms with Gasteiger partial charge in [-0.3, -0.25) is 4.79 Å². The lowest BCUT2D eigenvalue weighted by atomic mass is 10.2. The SMILES string of the molecule is Cc1ccc(/C=N\NC(=O)c2[nH]c3ccccc3c2OC(C)C)o1. The second-order valence-electron chi connectivity index (χ2n) is 5.69. The summed E-state index contributed by atoms with van der Waals surface area (Å²) >= 11 is 0. The highest BCUT2D eigenvalue weighted by Gasteiger charge is 2.19. The Morgan fingerprint density at radius 1 is 1.29 bits per heavy atom. The lowest BCUT2D eigenvalue weighted by Gasteiger charge is -2.10. The number of aryl methyl sites for hydroxylation is 1. The number of hydrogen-bond acceptors (Lipinski definition) is 4. The van der Waals surface area contributed by atoms with Gasteiger partial charge in [-0.25, -0.2) is 5.43 Å². The van der Waals surface area contributed by atoms with Crippen LogP contribution in [0, 0.1) is 6.92 Å². The largest absolute Gasteiger partial charge is 0.488 e. The molecular formula is C18H19N3O3. The van der Waals surface area contributed by atoms with Gasteiger partial charge in [-0.1, -0.05) is 12.1 Å². The minimum absolute atomic E-state index is 0.0506. The van der Waals surface area contributed by atoms with Crippen molar-refractivity contribution in [2.24, 2.45) is 5.10 Å². The van der Waals surface area contributed by atoms with Gasteiger partial charge in [0.1, 0.15) is 17.2 Å². The fourth-order valence-electron chi connectivity index (χ4n) is 2.37. The third-order valence-electron chi connectivity index (χ3n) is 3.36. The smallest absolute Gasteiger partial charge is 0.291 e. The number of furan rings is 1. The molecule has 124 valence electrons. The molecule has 0 atom stereocenters. The van der Waals surface area contributed by atoms with Crippen LogP contribution >= 0.6 is 0 Å². The highest BCUT2D eigenvalue weighted by Crippen LogP contribution is 2.30. The van der Waals surface area contributed by atoms with Gasteiger partial charge in [0.15, 0.2) is 5.75 Å². The maximum Gasteiger partial charge on any atom is 0.291 e. The molecule has 2 aromatic heterocycles. The molecule has 6 nitrogen and oxygen atoms in total. The van der Waals surface area contributed by atoms with E-state index in [-0.39, 0.29) is 12.0 Å². The first-order valence-corrected chi connectivity index (χ1v) is 7.72. The first-order valence-electron chi connectivity index (χ1n) is 7.72. The second kappa shape index (κ2) is 6.62. The summed E-state index contributed by atoms with van der Waals surface area (Å²) in [4.78, 5) is 15.5. The van der Waals surface area contributed by atoms with E-state index in [1.165, 1.54) is 6.21 Å². The number of fused-ring (bicyclic) bond motifs is 1. The van der Waals surface area contributed by atoms with E-state index in [1.807, 2.05) is 51.1 Å². The van der Waals surface area contributed by atoms with Crippen LogP contribution in [0.5, 0.6) is 5.75 Å². The van der Waals surface area contributed by atoms with Gasteiger partial charge in [0.25, 0.3) is 5.91 Å². The summed E-state index contributed by atoms with van der Waals surface area (Å²) in [6.45, 7) is 5.68. The zero-order valence-corrected chi connectivity index (χ0v) is 13.8. The molecule has 24 heavy (non-hydrogen) atoms. The molecule has 0 aliphatic carbocycles. The highest BCUT2D eigenvalue weighted by atomic mass is 16.5. The number of carbonyl (C=O) groups is 1. The summed E-state index contributed by atoms with van der Waals surface area (Å²) in [6.07, 6.45) is 1.40. The van der Waals surface area contributed by atoms with Crippen molar-refractivity contribution >= 4 is 23.0 Å². The first-order chi connectivity index (χ1) is 11.5. The van der Waals surface area contributed by atoms with Gasteiger partial charge in [-0.15, -0.1) is 0 Å². The quantitative estimate of drug-likeness (QED) is 0.555. The number of para-hydroxylation sites is 1. The van der Waals surface area contributed by atoms with Gasteiger partial charge in [-0.05, 0) is 45.0 Å². The van der Waals surface area contributed by atoms with E-state index in [0.29, 0.717) is 17.2 Å². The van der Waals surface area contributed by atoms with Crippen molar-refractivity contribution in [1.82, 2.24) is 10.4 Å². The van der Waals surface area contributed by atoms with E-state index in [1.54, 1.807) is 6.07 Å². The minimum Gasteiger partial charge on any atom is -0.488 e. The van der Waals surface area contributed by atoms with Crippen molar-refractivity contribution < 1.29 is 13.9 Å². The van der Waals surface area contributed by atoms with Gasteiger partial charge >= 0.3 is 0 Å². The molecule has 6 heteroatoms. The molecule has 0 aliphatic rings. The topological polar surface area (TPSA) is 79.6 Å². The maximum absolute atomic E-state index is 12.4. The van der Waals surface area contributed by atoms with Crippen molar-refractivity contribution in [1.29, 1.82) is 0 Å². The van der Waals surface area contributed by atoms with Gasteiger partial charge in [0.2, 0.25) is 0 Å². The molecule has 0 radical (unpaired) electrons. The molecule has 3 rings (SSSR count). The van der Waals surface area contributed by atoms with Crippen molar-refractivity contribution in [3.05, 3.63) is 53.6 Å². The van der Waals surface area contributed by atoms with Gasteiger partial charge in [-0.2, -0.15) is 5.10 Å². The van der Waals surface area contributed by atoms with Crippen molar-refractivity contribution in [3.8, 4) is 5.75 Å². The highest BCUT2D eigenvalue weighted by molar-refractivity contribution is 6.03. The summed E-state index contributed by atoms with van der Waals surface area (Å²) in [5.74, 6) is 1.51. The summed E-state index contributed by atoms with van der Waals surface area (Å²) < 4.78 is 11.2. The number of hydrazone groups is 1. The molecule has 1 aromatic carbocycles. The Labute approximate surface area is 139 Å². The molecule has 0 bridgehead atoms. The standard InChI is InChI=1S/C18H19N3O3/c1-11(2)23-17-14-6-4-5-7-15(14)20-16(17)18(22)21-19-10-13-9-8-12(3)24-13/h4-11,20H,1-3H3,(H,21,22)/b19-10-. The van der Waals surface area contributed by atoms with Gasteiger partial charge in [0, 0.05) is 10.9 Å². The molecule has 2 heterocycles. The Morgan fingerprint density at radius 2 is 2.08 bits per heavy atom. The molecule has 1 amide bonds. The number of benzene rings is 1. The number of nitrogens with one attached hydrogen (secondary N) is 2. The van der Waals surface area contributed by atoms with E-state index in [9.17, 15) is 4.79 Å². The number of ether oxygens (including phenoxy) is 1. The molecule has 0 saturated heterocycles. The number of aromatic amines is 1. The average Bonchev–Trinajstić information content (AvgIpc) is 3.11. The van der Waals surface area contributed by atoms with Crippen LogP contribution in [0.25, 0.3) is 10.9 Å². The number of H-pyrrole nitrogens is 1. The Hall–Kier alpha value is -3.02. The molecule has 2 N–H and O–H groups in total. The van der Waals surface area contributed by atoms with Crippen LogP contribution in [0.2, 0.25) is 0 Å². The monoisotopic (exact) mass is 325 g/mol. The molecule has 0 unspecified atom stereocenters. The third kappa shape index (κ3) is 3.32. The van der Waals surface area contributed by atoms with Crippen LogP contribution in [0.1, 0.15) is 35.9 Å². The molecule has 0 fully saturated rings. The Kier molecular flexibility index (Phi) is 4.37. The summed E-state index contributed by atoms with van der Waals surface area (Å²) in [7, 11) is 0. The van der Waals surface area contributed by atoms with Crippen molar-refractivity contribution in [2.75, 3.05) is 0 Å². The molecule has 0 spiro atoms. The lowest BCUT2D eigenvalue weighted by Crippen LogP contribution is -2.20. The molecular weight excluding hydrogens is 306 g/mol. The maximum atomic E-state index is 12.4. The van der Waals surface area contributed by atoms with Gasteiger partial charge < -0.3 is 14.1 Å². The Balaban J connectivity index is 1.84. The van der Waals surface area contributed by atoms with Crippen LogP contribution in [-0.4, -0.2) is 23.2 Å². The van der Waals surface area contributed by atoms with Gasteiger partial charge in [0.05, 0.1) is 12.3 Å². The Bertz CT molecular complexity index is 890. The zero-order valence-electron chi connectivity index (χ0n) is 13.8. The number of carbonyl (C=O) groups excluding carboxylic acids is 1. The molecule has 0 saturated carbocycles. The minimum atomic E-state index is -0.374. The van der Waals surface area contributed by atoms with E-state index in [4.69, 9.17) is 9.15 Å². The molecule has 0 aliphatic heterocycles. The fraction of sp³-hybridized carbons (Fsp3) is 0.222. The lowest BCUT2D eigenvalue weighted by molar-refractivity contribution is 0.0945. The summed E-state index contributed by atoms with van der Waals surface area (Å²) in [6, 6.07) is 11.2. The van der Waals surface area contributed by atoms with Crippen LogP contribution in [0.3, 0.4) is 0 Å². The van der Waals surface area contributed by atoms with E-state index in [0.717, 1.165) is 16.7 Å².